The fraction of sp³-hybridized carbons (Fsp3) is 0.571. The lowest BCUT2D eigenvalue weighted by Gasteiger charge is -2.15. The van der Waals surface area contributed by atoms with E-state index in [4.69, 9.17) is 11.6 Å². The molecule has 1 aromatic carbocycles. The third-order valence-corrected chi connectivity index (χ3v) is 5.48. The Labute approximate surface area is 138 Å². The Balaban J connectivity index is 1.98. The molecule has 0 aromatic heterocycles. The fourth-order valence-corrected chi connectivity index (χ4v) is 3.81. The molecular weight excluding hydrogens is 353 g/mol. The molecule has 2 rings (SSSR count). The molecule has 1 aliphatic rings. The second kappa shape index (κ2) is 7.38. The maximum Gasteiger partial charge on any atom is 0.417 e. The maximum atomic E-state index is 12.8. The van der Waals surface area contributed by atoms with Gasteiger partial charge in [-0.3, -0.25) is 0 Å². The summed E-state index contributed by atoms with van der Waals surface area (Å²) in [7, 11) is -3.98. The minimum absolute atomic E-state index is 0.183. The van der Waals surface area contributed by atoms with Gasteiger partial charge in [0.05, 0.1) is 15.5 Å². The molecule has 0 radical (unpaired) electrons. The van der Waals surface area contributed by atoms with Gasteiger partial charge >= 0.3 is 6.18 Å². The van der Waals surface area contributed by atoms with E-state index in [1.54, 1.807) is 0 Å². The molecule has 1 heterocycles. The average Bonchev–Trinajstić information content (AvgIpc) is 2.96. The molecule has 1 aliphatic heterocycles. The maximum absolute atomic E-state index is 12.8. The molecule has 0 unspecified atom stereocenters. The highest BCUT2D eigenvalue weighted by molar-refractivity contribution is 7.89. The monoisotopic (exact) mass is 370 g/mol. The van der Waals surface area contributed by atoms with E-state index >= 15 is 0 Å². The Morgan fingerprint density at radius 2 is 1.87 bits per heavy atom. The van der Waals surface area contributed by atoms with Crippen LogP contribution in [-0.2, 0) is 16.2 Å². The van der Waals surface area contributed by atoms with Crippen molar-refractivity contribution >= 4 is 21.6 Å². The quantitative estimate of drug-likeness (QED) is 0.783. The topological polar surface area (TPSA) is 49.4 Å². The molecule has 23 heavy (non-hydrogen) atoms. The van der Waals surface area contributed by atoms with Crippen LogP contribution in [0.25, 0.3) is 0 Å². The van der Waals surface area contributed by atoms with Crippen LogP contribution < -0.4 is 4.72 Å². The summed E-state index contributed by atoms with van der Waals surface area (Å²) in [6.07, 6.45) is -1.79. The lowest BCUT2D eigenvalue weighted by molar-refractivity contribution is -0.137. The van der Waals surface area contributed by atoms with E-state index in [9.17, 15) is 21.6 Å². The molecule has 1 aromatic rings. The number of rotatable bonds is 6. The van der Waals surface area contributed by atoms with E-state index < -0.39 is 31.7 Å². The number of hydrogen-bond acceptors (Lipinski definition) is 3. The number of nitrogens with one attached hydrogen (secondary N) is 1. The van der Waals surface area contributed by atoms with Crippen LogP contribution in [0, 0.1) is 0 Å². The van der Waals surface area contributed by atoms with Crippen molar-refractivity contribution in [2.75, 3.05) is 26.2 Å². The molecule has 0 spiro atoms. The first kappa shape index (κ1) is 18.5. The van der Waals surface area contributed by atoms with Crippen LogP contribution in [0.4, 0.5) is 13.2 Å². The van der Waals surface area contributed by atoms with Crippen molar-refractivity contribution in [3.05, 3.63) is 28.8 Å². The van der Waals surface area contributed by atoms with E-state index in [-0.39, 0.29) is 6.54 Å². The highest BCUT2D eigenvalue weighted by Gasteiger charge is 2.34. The Morgan fingerprint density at radius 3 is 2.48 bits per heavy atom. The third-order valence-electron chi connectivity index (χ3n) is 3.70. The molecule has 1 saturated heterocycles. The van der Waals surface area contributed by atoms with Crippen LogP contribution in [0.3, 0.4) is 0 Å². The minimum Gasteiger partial charge on any atom is -0.303 e. The van der Waals surface area contributed by atoms with Crippen LogP contribution in [0.15, 0.2) is 23.1 Å². The summed E-state index contributed by atoms with van der Waals surface area (Å²) in [6, 6.07) is 2.58. The van der Waals surface area contributed by atoms with Gasteiger partial charge in [0.15, 0.2) is 0 Å². The Hall–Kier alpha value is -0.830. The lowest BCUT2D eigenvalue weighted by atomic mass is 10.2. The molecule has 0 atom stereocenters. The second-order valence-electron chi connectivity index (χ2n) is 5.44. The van der Waals surface area contributed by atoms with Crippen molar-refractivity contribution in [1.29, 1.82) is 0 Å². The largest absolute Gasteiger partial charge is 0.417 e. The fourth-order valence-electron chi connectivity index (χ4n) is 2.49. The van der Waals surface area contributed by atoms with Gasteiger partial charge in [0.2, 0.25) is 10.0 Å². The molecule has 0 amide bonds. The van der Waals surface area contributed by atoms with Crippen molar-refractivity contribution < 1.29 is 21.6 Å². The van der Waals surface area contributed by atoms with Crippen LogP contribution in [0.2, 0.25) is 5.02 Å². The number of benzene rings is 1. The first-order valence-corrected chi connectivity index (χ1v) is 9.15. The molecule has 4 nitrogen and oxygen atoms in total. The molecule has 0 saturated carbocycles. The Bertz CT molecular complexity index is 644. The van der Waals surface area contributed by atoms with Crippen molar-refractivity contribution in [3.8, 4) is 0 Å². The van der Waals surface area contributed by atoms with Crippen molar-refractivity contribution in [3.63, 3.8) is 0 Å². The van der Waals surface area contributed by atoms with E-state index in [0.717, 1.165) is 44.6 Å². The van der Waals surface area contributed by atoms with Gasteiger partial charge in [-0.05, 0) is 57.1 Å². The molecule has 130 valence electrons. The van der Waals surface area contributed by atoms with Crippen molar-refractivity contribution in [1.82, 2.24) is 9.62 Å². The van der Waals surface area contributed by atoms with Crippen molar-refractivity contribution in [2.45, 2.75) is 30.3 Å². The summed E-state index contributed by atoms with van der Waals surface area (Å²) in [5.74, 6) is 0. The standard InChI is InChI=1S/C14H18ClF3N2O2S/c15-13-5-4-11(10-12(13)14(16,17)18)23(21,22)19-6-3-9-20-7-1-2-8-20/h4-5,10,19H,1-3,6-9H2. The summed E-state index contributed by atoms with van der Waals surface area (Å²) in [4.78, 5) is 1.80. The zero-order valence-electron chi connectivity index (χ0n) is 12.4. The second-order valence-corrected chi connectivity index (χ2v) is 7.61. The predicted molar refractivity (Wildman–Crippen MR) is 81.9 cm³/mol. The highest BCUT2D eigenvalue weighted by atomic mass is 35.5. The van der Waals surface area contributed by atoms with Gasteiger partial charge in [-0.25, -0.2) is 13.1 Å². The Morgan fingerprint density at radius 1 is 1.22 bits per heavy atom. The number of likely N-dealkylation sites (tertiary alicyclic amines) is 1. The number of sulfonamides is 1. The first-order valence-electron chi connectivity index (χ1n) is 7.29. The summed E-state index contributed by atoms with van der Waals surface area (Å²) in [5, 5.41) is -0.523. The smallest absolute Gasteiger partial charge is 0.303 e. The molecule has 9 heteroatoms. The molecule has 0 aliphatic carbocycles. The van der Waals surface area contributed by atoms with Gasteiger partial charge in [-0.15, -0.1) is 0 Å². The summed E-state index contributed by atoms with van der Waals surface area (Å²) >= 11 is 5.49. The van der Waals surface area contributed by atoms with Gasteiger partial charge in [0.1, 0.15) is 0 Å². The van der Waals surface area contributed by atoms with E-state index in [0.29, 0.717) is 12.5 Å². The van der Waals surface area contributed by atoms with Crippen LogP contribution >= 0.6 is 11.6 Å². The minimum atomic E-state index is -4.70. The van der Waals surface area contributed by atoms with E-state index in [1.165, 1.54) is 0 Å². The normalized spacial score (nSPS) is 16.9. The average molecular weight is 371 g/mol. The van der Waals surface area contributed by atoms with Crippen LogP contribution in [0.5, 0.6) is 0 Å². The summed E-state index contributed by atoms with van der Waals surface area (Å²) < 4.78 is 64.9. The molecular formula is C14H18ClF3N2O2S. The zero-order chi connectivity index (χ0) is 17.1. The van der Waals surface area contributed by atoms with Gasteiger partial charge in [-0.2, -0.15) is 13.2 Å². The number of alkyl halides is 3. The van der Waals surface area contributed by atoms with Gasteiger partial charge < -0.3 is 4.90 Å². The van der Waals surface area contributed by atoms with Crippen LogP contribution in [0.1, 0.15) is 24.8 Å². The van der Waals surface area contributed by atoms with Gasteiger partial charge in [0.25, 0.3) is 0 Å². The predicted octanol–water partition coefficient (Wildman–Crippen LogP) is 3.12. The SMILES string of the molecule is O=S(=O)(NCCCN1CCCC1)c1ccc(Cl)c(C(F)(F)F)c1. The highest BCUT2D eigenvalue weighted by Crippen LogP contribution is 2.35. The Kier molecular flexibility index (Phi) is 5.94. The summed E-state index contributed by atoms with van der Waals surface area (Å²) in [6.45, 7) is 2.98. The van der Waals surface area contributed by atoms with Gasteiger partial charge in [-0.1, -0.05) is 11.6 Å². The lowest BCUT2D eigenvalue weighted by Crippen LogP contribution is -2.29. The van der Waals surface area contributed by atoms with E-state index in [2.05, 4.69) is 9.62 Å². The number of halogens is 4. The zero-order valence-corrected chi connectivity index (χ0v) is 13.9. The molecule has 1 fully saturated rings. The summed E-state index contributed by atoms with van der Waals surface area (Å²) in [5.41, 5.74) is -1.15. The third kappa shape index (κ3) is 5.07. The molecule has 0 bridgehead atoms. The number of hydrogen-bond donors (Lipinski definition) is 1. The number of nitrogens with zero attached hydrogens (tertiary/aromatic N) is 1. The van der Waals surface area contributed by atoms with E-state index in [1.807, 2.05) is 0 Å². The van der Waals surface area contributed by atoms with Crippen LogP contribution in [-0.4, -0.2) is 39.5 Å². The van der Waals surface area contributed by atoms with Crippen molar-refractivity contribution in [2.24, 2.45) is 0 Å². The first-order chi connectivity index (χ1) is 10.7. The molecule has 1 N–H and O–H groups in total. The van der Waals surface area contributed by atoms with Gasteiger partial charge in [0, 0.05) is 6.54 Å².